The lowest BCUT2D eigenvalue weighted by atomic mass is 9.84. The minimum atomic E-state index is 0.509. The molecule has 1 heterocycles. The van der Waals surface area contributed by atoms with Gasteiger partial charge in [0, 0.05) is 12.6 Å². The van der Waals surface area contributed by atoms with Gasteiger partial charge in [-0.2, -0.15) is 0 Å². The molecule has 0 bridgehead atoms. The summed E-state index contributed by atoms with van der Waals surface area (Å²) in [5.74, 6) is 0.633. The number of benzene rings is 2. The highest BCUT2D eigenvalue weighted by Crippen LogP contribution is 2.36. The lowest BCUT2D eigenvalue weighted by Crippen LogP contribution is -2.35. The molecule has 0 saturated heterocycles. The Morgan fingerprint density at radius 1 is 0.947 bits per heavy atom. The van der Waals surface area contributed by atoms with E-state index in [-0.39, 0.29) is 0 Å². The number of likely N-dealkylation sites (N-methyl/N-ethyl adjacent to an activating group) is 1. The van der Waals surface area contributed by atoms with Crippen molar-refractivity contribution in [2.24, 2.45) is 0 Å². The smallest absolute Gasteiger partial charge is 0.0388 e. The Hall–Kier alpha value is -1.60. The van der Waals surface area contributed by atoms with Gasteiger partial charge in [0.2, 0.25) is 0 Å². The highest BCUT2D eigenvalue weighted by atomic mass is 15.1. The van der Waals surface area contributed by atoms with Crippen LogP contribution in [0.1, 0.15) is 35.6 Å². The van der Waals surface area contributed by atoms with Crippen LogP contribution in [0.25, 0.3) is 0 Å². The van der Waals surface area contributed by atoms with Crippen molar-refractivity contribution in [3.63, 3.8) is 0 Å². The minimum Gasteiger partial charge on any atom is -0.298 e. The van der Waals surface area contributed by atoms with Crippen LogP contribution >= 0.6 is 0 Å². The monoisotopic (exact) mass is 251 g/mol. The first-order chi connectivity index (χ1) is 9.25. The molecule has 0 aromatic heterocycles. The predicted molar refractivity (Wildman–Crippen MR) is 80.4 cm³/mol. The van der Waals surface area contributed by atoms with Crippen molar-refractivity contribution in [3.05, 3.63) is 71.3 Å². The zero-order valence-corrected chi connectivity index (χ0v) is 11.7. The molecule has 0 radical (unpaired) electrons. The fourth-order valence-electron chi connectivity index (χ4n) is 3.26. The van der Waals surface area contributed by atoms with Gasteiger partial charge in [-0.25, -0.2) is 0 Å². The highest BCUT2D eigenvalue weighted by Gasteiger charge is 2.28. The molecule has 2 aromatic rings. The van der Waals surface area contributed by atoms with E-state index in [1.807, 2.05) is 0 Å². The van der Waals surface area contributed by atoms with Crippen molar-refractivity contribution in [2.45, 2.75) is 25.3 Å². The van der Waals surface area contributed by atoms with Crippen molar-refractivity contribution in [1.29, 1.82) is 0 Å². The van der Waals surface area contributed by atoms with E-state index in [9.17, 15) is 0 Å². The van der Waals surface area contributed by atoms with Crippen molar-refractivity contribution in [3.8, 4) is 0 Å². The van der Waals surface area contributed by atoms with Crippen LogP contribution in [0.5, 0.6) is 0 Å². The Morgan fingerprint density at radius 3 is 2.32 bits per heavy atom. The summed E-state index contributed by atoms with van der Waals surface area (Å²) in [7, 11) is 2.25. The maximum atomic E-state index is 2.50. The van der Waals surface area contributed by atoms with Gasteiger partial charge in [-0.15, -0.1) is 0 Å². The summed E-state index contributed by atoms with van der Waals surface area (Å²) in [5, 5.41) is 0. The number of fused-ring (bicyclic) bond motifs is 1. The molecule has 0 spiro atoms. The second-order valence-electron chi connectivity index (χ2n) is 5.68. The summed E-state index contributed by atoms with van der Waals surface area (Å²) in [6.07, 6.45) is 1.10. The van der Waals surface area contributed by atoms with Gasteiger partial charge < -0.3 is 0 Å². The Labute approximate surface area is 115 Å². The topological polar surface area (TPSA) is 3.24 Å². The molecule has 0 N–H and O–H groups in total. The van der Waals surface area contributed by atoms with Gasteiger partial charge in [0.05, 0.1) is 0 Å². The SMILES string of the molecule is CC1CN(C)C(Cc2ccccc2)c2ccccc21. The maximum absolute atomic E-state index is 2.50. The van der Waals surface area contributed by atoms with Crippen LogP contribution in [-0.2, 0) is 6.42 Å². The van der Waals surface area contributed by atoms with Crippen molar-refractivity contribution in [2.75, 3.05) is 13.6 Å². The highest BCUT2D eigenvalue weighted by molar-refractivity contribution is 5.36. The molecule has 1 heteroatoms. The van der Waals surface area contributed by atoms with Crippen LogP contribution < -0.4 is 0 Å². The molecule has 0 aliphatic carbocycles. The lowest BCUT2D eigenvalue weighted by molar-refractivity contribution is 0.212. The van der Waals surface area contributed by atoms with Crippen molar-refractivity contribution in [1.82, 2.24) is 4.90 Å². The van der Waals surface area contributed by atoms with Crippen LogP contribution in [0, 0.1) is 0 Å². The molecule has 3 rings (SSSR count). The first-order valence-electron chi connectivity index (χ1n) is 7.08. The molecule has 19 heavy (non-hydrogen) atoms. The summed E-state index contributed by atoms with van der Waals surface area (Å²) in [6, 6.07) is 20.3. The summed E-state index contributed by atoms with van der Waals surface area (Å²) < 4.78 is 0. The molecule has 2 unspecified atom stereocenters. The molecule has 0 fully saturated rings. The number of hydrogen-bond acceptors (Lipinski definition) is 1. The second-order valence-corrected chi connectivity index (χ2v) is 5.68. The van der Waals surface area contributed by atoms with Gasteiger partial charge >= 0.3 is 0 Å². The van der Waals surface area contributed by atoms with Crippen LogP contribution in [0.4, 0.5) is 0 Å². The summed E-state index contributed by atoms with van der Waals surface area (Å²) >= 11 is 0. The van der Waals surface area contributed by atoms with Gasteiger partial charge in [0.15, 0.2) is 0 Å². The van der Waals surface area contributed by atoms with Gasteiger partial charge in [0.25, 0.3) is 0 Å². The fourth-order valence-corrected chi connectivity index (χ4v) is 3.26. The molecular formula is C18H21N. The van der Waals surface area contributed by atoms with Crippen LogP contribution in [0.2, 0.25) is 0 Å². The Bertz CT molecular complexity index is 547. The van der Waals surface area contributed by atoms with E-state index in [0.717, 1.165) is 13.0 Å². The third kappa shape index (κ3) is 2.43. The molecule has 0 saturated carbocycles. The molecule has 2 aromatic carbocycles. The molecule has 1 aliphatic heterocycles. The van der Waals surface area contributed by atoms with E-state index in [4.69, 9.17) is 0 Å². The Balaban J connectivity index is 1.94. The van der Waals surface area contributed by atoms with E-state index in [0.29, 0.717) is 12.0 Å². The summed E-state index contributed by atoms with van der Waals surface area (Å²) in [5.41, 5.74) is 4.46. The number of hydrogen-bond donors (Lipinski definition) is 0. The average Bonchev–Trinajstić information content (AvgIpc) is 2.45. The third-order valence-corrected chi connectivity index (χ3v) is 4.25. The normalized spacial score (nSPS) is 23.1. The third-order valence-electron chi connectivity index (χ3n) is 4.25. The first kappa shape index (κ1) is 12.4. The van der Waals surface area contributed by atoms with E-state index in [1.165, 1.54) is 16.7 Å². The molecular weight excluding hydrogens is 230 g/mol. The van der Waals surface area contributed by atoms with Crippen molar-refractivity contribution >= 4 is 0 Å². The summed E-state index contributed by atoms with van der Waals surface area (Å²) in [4.78, 5) is 2.50. The standard InChI is InChI=1S/C18H21N/c1-14-13-19(2)18(12-15-8-4-3-5-9-15)17-11-7-6-10-16(14)17/h3-11,14,18H,12-13H2,1-2H3. The van der Waals surface area contributed by atoms with E-state index in [2.05, 4.69) is 73.5 Å². The fraction of sp³-hybridized carbons (Fsp3) is 0.333. The molecule has 2 atom stereocenters. The van der Waals surface area contributed by atoms with Gasteiger partial charge in [-0.3, -0.25) is 4.90 Å². The van der Waals surface area contributed by atoms with E-state index in [1.54, 1.807) is 0 Å². The Morgan fingerprint density at radius 2 is 1.58 bits per heavy atom. The zero-order chi connectivity index (χ0) is 13.2. The van der Waals surface area contributed by atoms with E-state index < -0.39 is 0 Å². The van der Waals surface area contributed by atoms with Gasteiger partial charge in [0.1, 0.15) is 0 Å². The van der Waals surface area contributed by atoms with Crippen LogP contribution in [0.3, 0.4) is 0 Å². The lowest BCUT2D eigenvalue weighted by Gasteiger charge is -2.38. The average molecular weight is 251 g/mol. The molecule has 1 aliphatic rings. The molecule has 1 nitrogen and oxygen atoms in total. The zero-order valence-electron chi connectivity index (χ0n) is 11.7. The van der Waals surface area contributed by atoms with E-state index >= 15 is 0 Å². The maximum Gasteiger partial charge on any atom is 0.0388 e. The predicted octanol–water partition coefficient (Wildman–Crippen LogP) is 4.02. The van der Waals surface area contributed by atoms with Crippen LogP contribution in [-0.4, -0.2) is 18.5 Å². The summed E-state index contributed by atoms with van der Waals surface area (Å²) in [6.45, 7) is 3.47. The van der Waals surface area contributed by atoms with Crippen LogP contribution in [0.15, 0.2) is 54.6 Å². The number of rotatable bonds is 2. The Kier molecular flexibility index (Phi) is 3.39. The number of nitrogens with zero attached hydrogens (tertiary/aromatic N) is 1. The van der Waals surface area contributed by atoms with Gasteiger partial charge in [-0.05, 0) is 36.1 Å². The van der Waals surface area contributed by atoms with Crippen molar-refractivity contribution < 1.29 is 0 Å². The second kappa shape index (κ2) is 5.18. The molecule has 0 amide bonds. The molecule has 98 valence electrons. The minimum absolute atomic E-state index is 0.509. The largest absolute Gasteiger partial charge is 0.298 e. The quantitative estimate of drug-likeness (QED) is 0.779. The first-order valence-corrected chi connectivity index (χ1v) is 7.08. The van der Waals surface area contributed by atoms with Gasteiger partial charge in [-0.1, -0.05) is 61.5 Å².